The van der Waals surface area contributed by atoms with E-state index in [1.165, 1.54) is 85.0 Å². The molecule has 236 valence electrons. The van der Waals surface area contributed by atoms with Gasteiger partial charge >= 0.3 is 23.9 Å². The Balaban J connectivity index is 1.65. The quantitative estimate of drug-likeness (QED) is 0.0963. The number of unbranched alkanes of at least 4 members (excludes halogenated alkanes) is 9. The Labute approximate surface area is 253 Å². The molecule has 2 fully saturated rings. The summed E-state index contributed by atoms with van der Waals surface area (Å²) in [7, 11) is 0. The highest BCUT2D eigenvalue weighted by Crippen LogP contribution is 2.31. The van der Waals surface area contributed by atoms with Gasteiger partial charge in [0, 0.05) is 45.8 Å². The Morgan fingerprint density at radius 3 is 1.58 bits per heavy atom. The van der Waals surface area contributed by atoms with Crippen molar-refractivity contribution in [3.63, 3.8) is 0 Å². The second-order valence-corrected chi connectivity index (χ2v) is 11.5. The van der Waals surface area contributed by atoms with Crippen molar-refractivity contribution in [2.45, 2.75) is 110 Å². The van der Waals surface area contributed by atoms with E-state index in [-0.39, 0.29) is 11.1 Å². The van der Waals surface area contributed by atoms with E-state index in [0.29, 0.717) is 23.7 Å². The predicted octanol–water partition coefficient (Wildman–Crippen LogP) is 6.25. The van der Waals surface area contributed by atoms with Gasteiger partial charge in [0.05, 0.1) is 12.3 Å². The number of hydrogen-bond donors (Lipinski definition) is 2. The first kappa shape index (κ1) is 33.5. The van der Waals surface area contributed by atoms with Gasteiger partial charge in [-0.15, -0.1) is 0 Å². The SMILES string of the molecule is CCCCCCCCCCCCOc1ccc(NC=C2C(=O)OC(C)(C)OC2=O)cc1NC=C1C(=O)OC(C)(C)OC1=O. The van der Waals surface area contributed by atoms with Crippen molar-refractivity contribution in [1.82, 2.24) is 0 Å². The van der Waals surface area contributed by atoms with Crippen molar-refractivity contribution in [3.8, 4) is 5.75 Å². The molecule has 2 N–H and O–H groups in total. The van der Waals surface area contributed by atoms with Gasteiger partial charge in [0.2, 0.25) is 0 Å². The Morgan fingerprint density at radius 1 is 0.651 bits per heavy atom. The molecule has 0 atom stereocenters. The van der Waals surface area contributed by atoms with Crippen LogP contribution in [-0.2, 0) is 38.1 Å². The summed E-state index contributed by atoms with van der Waals surface area (Å²) < 4.78 is 26.6. The molecule has 2 saturated heterocycles. The Kier molecular flexibility index (Phi) is 12.0. The molecule has 0 spiro atoms. The number of ether oxygens (including phenoxy) is 5. The number of nitrogens with one attached hydrogen (secondary N) is 2. The Morgan fingerprint density at radius 2 is 1.09 bits per heavy atom. The molecule has 0 aromatic heterocycles. The van der Waals surface area contributed by atoms with Crippen LogP contribution in [0, 0.1) is 0 Å². The van der Waals surface area contributed by atoms with Gasteiger partial charge in [0.1, 0.15) is 5.75 Å². The monoisotopic (exact) mass is 600 g/mol. The van der Waals surface area contributed by atoms with E-state index in [9.17, 15) is 19.2 Å². The zero-order chi connectivity index (χ0) is 31.5. The maximum atomic E-state index is 12.4. The number of rotatable bonds is 16. The van der Waals surface area contributed by atoms with Crippen LogP contribution in [0.1, 0.15) is 98.8 Å². The van der Waals surface area contributed by atoms with Gasteiger partial charge in [-0.25, -0.2) is 19.2 Å². The third-order valence-electron chi connectivity index (χ3n) is 6.72. The Hall–Kier alpha value is -4.02. The number of carbonyl (C=O) groups excluding carboxylic acids is 4. The lowest BCUT2D eigenvalue weighted by molar-refractivity contribution is -0.224. The van der Waals surface area contributed by atoms with E-state index in [1.54, 1.807) is 18.2 Å². The summed E-state index contributed by atoms with van der Waals surface area (Å²) in [6.45, 7) is 8.56. The smallest absolute Gasteiger partial charge is 0.350 e. The van der Waals surface area contributed by atoms with E-state index in [1.807, 2.05) is 0 Å². The fourth-order valence-corrected chi connectivity index (χ4v) is 4.49. The zero-order valence-electron chi connectivity index (χ0n) is 25.8. The maximum absolute atomic E-state index is 12.4. The minimum atomic E-state index is -1.36. The van der Waals surface area contributed by atoms with Crippen LogP contribution in [0.3, 0.4) is 0 Å². The minimum absolute atomic E-state index is 0.299. The fraction of sp³-hybridized carbons (Fsp3) is 0.562. The molecular weight excluding hydrogens is 556 g/mol. The molecule has 3 rings (SSSR count). The van der Waals surface area contributed by atoms with Gasteiger partial charge in [-0.1, -0.05) is 64.7 Å². The van der Waals surface area contributed by atoms with Gasteiger partial charge in [0.25, 0.3) is 11.6 Å². The van der Waals surface area contributed by atoms with Gasteiger partial charge in [-0.05, 0) is 24.6 Å². The molecule has 43 heavy (non-hydrogen) atoms. The molecule has 2 aliphatic heterocycles. The largest absolute Gasteiger partial charge is 0.491 e. The summed E-state index contributed by atoms with van der Waals surface area (Å²) in [6, 6.07) is 5.02. The lowest BCUT2D eigenvalue weighted by Gasteiger charge is -2.29. The van der Waals surface area contributed by atoms with Gasteiger partial charge in [0.15, 0.2) is 11.1 Å². The van der Waals surface area contributed by atoms with Crippen molar-refractivity contribution in [1.29, 1.82) is 0 Å². The number of esters is 4. The third kappa shape index (κ3) is 10.6. The third-order valence-corrected chi connectivity index (χ3v) is 6.72. The normalized spacial score (nSPS) is 17.3. The first-order valence-electron chi connectivity index (χ1n) is 15.0. The molecule has 11 nitrogen and oxygen atoms in total. The van der Waals surface area contributed by atoms with Crippen molar-refractivity contribution >= 4 is 35.3 Å². The molecule has 0 bridgehead atoms. The van der Waals surface area contributed by atoms with Crippen molar-refractivity contribution in [3.05, 3.63) is 41.7 Å². The van der Waals surface area contributed by atoms with Gasteiger partial charge < -0.3 is 34.3 Å². The highest BCUT2D eigenvalue weighted by atomic mass is 16.7. The van der Waals surface area contributed by atoms with Crippen LogP contribution < -0.4 is 15.4 Å². The van der Waals surface area contributed by atoms with E-state index in [2.05, 4.69) is 17.6 Å². The lowest BCUT2D eigenvalue weighted by Crippen LogP contribution is -2.42. The van der Waals surface area contributed by atoms with E-state index in [0.717, 1.165) is 19.3 Å². The van der Waals surface area contributed by atoms with Crippen LogP contribution in [0.15, 0.2) is 41.7 Å². The van der Waals surface area contributed by atoms with Crippen molar-refractivity contribution in [2.75, 3.05) is 17.2 Å². The van der Waals surface area contributed by atoms with Gasteiger partial charge in [-0.2, -0.15) is 0 Å². The Bertz CT molecular complexity index is 1190. The molecule has 0 unspecified atom stereocenters. The molecule has 0 aliphatic carbocycles. The number of benzene rings is 1. The minimum Gasteiger partial charge on any atom is -0.491 e. The highest BCUT2D eigenvalue weighted by molar-refractivity contribution is 6.16. The standard InChI is InChI=1S/C32H44N2O9/c1-6-7-8-9-10-11-12-13-14-15-18-39-26-17-16-22(33-20-23-27(35)40-31(2,3)41-28(23)36)19-25(26)34-21-24-29(37)42-32(4,5)43-30(24)38/h16-17,19-21,33-34H,6-15,18H2,1-5H3. The van der Waals surface area contributed by atoms with Crippen LogP contribution in [0.5, 0.6) is 5.75 Å². The van der Waals surface area contributed by atoms with Crippen LogP contribution >= 0.6 is 0 Å². The van der Waals surface area contributed by atoms with Crippen LogP contribution in [0.2, 0.25) is 0 Å². The summed E-state index contributed by atoms with van der Waals surface area (Å²) in [5.74, 6) is -5.50. The second kappa shape index (κ2) is 15.5. The number of cyclic esters (lactones) is 4. The van der Waals surface area contributed by atoms with Crippen LogP contribution in [0.4, 0.5) is 11.4 Å². The number of anilines is 2. The first-order chi connectivity index (χ1) is 20.4. The number of hydrogen-bond acceptors (Lipinski definition) is 11. The topological polar surface area (TPSA) is 138 Å². The molecule has 2 heterocycles. The molecule has 0 amide bonds. The maximum Gasteiger partial charge on any atom is 0.350 e. The average Bonchev–Trinajstić information content (AvgIpc) is 2.90. The molecule has 2 aliphatic rings. The van der Waals surface area contributed by atoms with Crippen LogP contribution in [-0.4, -0.2) is 42.1 Å². The van der Waals surface area contributed by atoms with E-state index >= 15 is 0 Å². The molecular formula is C32H44N2O9. The molecule has 11 heteroatoms. The molecule has 0 saturated carbocycles. The summed E-state index contributed by atoms with van der Waals surface area (Å²) in [5.41, 5.74) is 0.284. The van der Waals surface area contributed by atoms with E-state index in [4.69, 9.17) is 23.7 Å². The predicted molar refractivity (Wildman–Crippen MR) is 160 cm³/mol. The summed E-state index contributed by atoms with van der Waals surface area (Å²) in [6.07, 6.45) is 14.4. The fourth-order valence-electron chi connectivity index (χ4n) is 4.49. The van der Waals surface area contributed by atoms with Gasteiger partial charge in [-0.3, -0.25) is 0 Å². The summed E-state index contributed by atoms with van der Waals surface area (Å²) >= 11 is 0. The summed E-state index contributed by atoms with van der Waals surface area (Å²) in [5, 5.41) is 5.82. The second-order valence-electron chi connectivity index (χ2n) is 11.5. The number of carbonyl (C=O) groups is 4. The zero-order valence-corrected chi connectivity index (χ0v) is 25.8. The average molecular weight is 601 g/mol. The highest BCUT2D eigenvalue weighted by Gasteiger charge is 2.40. The van der Waals surface area contributed by atoms with Crippen molar-refractivity contribution in [2.24, 2.45) is 0 Å². The molecule has 1 aromatic carbocycles. The molecule has 1 aromatic rings. The van der Waals surface area contributed by atoms with Crippen LogP contribution in [0.25, 0.3) is 0 Å². The summed E-state index contributed by atoms with van der Waals surface area (Å²) in [4.78, 5) is 49.3. The van der Waals surface area contributed by atoms with Crippen molar-refractivity contribution < 1.29 is 42.9 Å². The first-order valence-corrected chi connectivity index (χ1v) is 15.0. The van der Waals surface area contributed by atoms with E-state index < -0.39 is 35.5 Å². The molecule has 0 radical (unpaired) electrons. The lowest BCUT2D eigenvalue weighted by atomic mass is 10.1.